The van der Waals surface area contributed by atoms with Gasteiger partial charge < -0.3 is 5.11 Å². The molecule has 0 saturated heterocycles. The molecule has 0 radical (unpaired) electrons. The summed E-state index contributed by atoms with van der Waals surface area (Å²) in [7, 11) is 0. The van der Waals surface area contributed by atoms with Crippen molar-refractivity contribution >= 4 is 11.8 Å². The zero-order chi connectivity index (χ0) is 13.3. The van der Waals surface area contributed by atoms with Crippen LogP contribution in [0.3, 0.4) is 0 Å². The third kappa shape index (κ3) is 0.987. The van der Waals surface area contributed by atoms with Gasteiger partial charge in [-0.05, 0) is 50.0 Å². The zero-order valence-electron chi connectivity index (χ0n) is 11.2. The lowest BCUT2D eigenvalue weighted by molar-refractivity contribution is -0.136. The van der Waals surface area contributed by atoms with E-state index in [0.29, 0.717) is 11.8 Å². The molecule has 98 valence electrons. The van der Waals surface area contributed by atoms with Crippen LogP contribution in [0.1, 0.15) is 46.5 Å². The monoisotopic (exact) mass is 248 g/mol. The molecule has 3 aliphatic carbocycles. The van der Waals surface area contributed by atoms with Crippen molar-refractivity contribution < 1.29 is 14.7 Å². The van der Waals surface area contributed by atoms with Crippen molar-refractivity contribution in [1.82, 2.24) is 0 Å². The molecule has 2 fully saturated rings. The second kappa shape index (κ2) is 3.25. The SMILES string of the molecule is CC1=C(C(=O)O)C(=O)[C@]2(C)CC[C@H]3[C@H](C)CC[C@]132. The first-order valence-electron chi connectivity index (χ1n) is 6.85. The van der Waals surface area contributed by atoms with Crippen LogP contribution in [0.15, 0.2) is 11.1 Å². The maximum atomic E-state index is 12.6. The number of carbonyl (C=O) groups is 2. The third-order valence-electron chi connectivity index (χ3n) is 6.24. The van der Waals surface area contributed by atoms with Gasteiger partial charge in [-0.1, -0.05) is 13.8 Å². The Labute approximate surface area is 107 Å². The first-order chi connectivity index (χ1) is 8.36. The smallest absolute Gasteiger partial charge is 0.339 e. The molecular formula is C15H20O3. The molecular weight excluding hydrogens is 228 g/mol. The Balaban J connectivity index is 2.24. The number of carboxylic acids is 1. The second-order valence-electron chi connectivity index (χ2n) is 6.60. The normalized spacial score (nSPS) is 46.5. The molecule has 0 aliphatic heterocycles. The Morgan fingerprint density at radius 1 is 1.33 bits per heavy atom. The maximum absolute atomic E-state index is 12.6. The van der Waals surface area contributed by atoms with E-state index in [2.05, 4.69) is 6.92 Å². The summed E-state index contributed by atoms with van der Waals surface area (Å²) >= 11 is 0. The number of carboxylic acid groups (broad SMARTS) is 1. The van der Waals surface area contributed by atoms with Crippen molar-refractivity contribution in [2.45, 2.75) is 46.5 Å². The average Bonchev–Trinajstić information content (AvgIpc) is 2.82. The van der Waals surface area contributed by atoms with E-state index in [1.165, 1.54) is 0 Å². The van der Waals surface area contributed by atoms with E-state index in [1.807, 2.05) is 13.8 Å². The molecule has 3 heteroatoms. The predicted octanol–water partition coefficient (Wildman–Crippen LogP) is 2.80. The maximum Gasteiger partial charge on any atom is 0.339 e. The number of allylic oxidation sites excluding steroid dienone is 1. The van der Waals surface area contributed by atoms with E-state index < -0.39 is 11.4 Å². The number of rotatable bonds is 1. The van der Waals surface area contributed by atoms with Crippen LogP contribution in [0.4, 0.5) is 0 Å². The first-order valence-corrected chi connectivity index (χ1v) is 6.85. The Morgan fingerprint density at radius 2 is 2.00 bits per heavy atom. The van der Waals surface area contributed by atoms with Crippen LogP contribution in [-0.2, 0) is 9.59 Å². The van der Waals surface area contributed by atoms with Gasteiger partial charge in [-0.25, -0.2) is 4.79 Å². The van der Waals surface area contributed by atoms with Gasteiger partial charge in [0.15, 0.2) is 5.78 Å². The summed E-state index contributed by atoms with van der Waals surface area (Å²) in [5.74, 6) is -0.0177. The van der Waals surface area contributed by atoms with Gasteiger partial charge in [0.2, 0.25) is 0 Å². The molecule has 1 N–H and O–H groups in total. The Kier molecular flexibility index (Phi) is 2.16. The molecule has 0 amide bonds. The van der Waals surface area contributed by atoms with Crippen molar-refractivity contribution in [2.75, 3.05) is 0 Å². The van der Waals surface area contributed by atoms with Crippen LogP contribution in [0.25, 0.3) is 0 Å². The highest BCUT2D eigenvalue weighted by Gasteiger charge is 2.69. The summed E-state index contributed by atoms with van der Waals surface area (Å²) in [6, 6.07) is 0. The minimum absolute atomic E-state index is 0.0938. The zero-order valence-corrected chi connectivity index (χ0v) is 11.2. The molecule has 2 saturated carbocycles. The molecule has 18 heavy (non-hydrogen) atoms. The van der Waals surface area contributed by atoms with E-state index in [0.717, 1.165) is 31.3 Å². The number of hydrogen-bond donors (Lipinski definition) is 1. The highest BCUT2D eigenvalue weighted by atomic mass is 16.4. The van der Waals surface area contributed by atoms with Gasteiger partial charge in [0, 0.05) is 10.8 Å². The molecule has 0 aromatic rings. The average molecular weight is 248 g/mol. The molecule has 3 rings (SSSR count). The molecule has 3 nitrogen and oxygen atoms in total. The molecule has 0 bridgehead atoms. The number of aliphatic carboxylic acids is 1. The van der Waals surface area contributed by atoms with Crippen molar-refractivity contribution in [1.29, 1.82) is 0 Å². The summed E-state index contributed by atoms with van der Waals surface area (Å²) in [5.41, 5.74) is 0.378. The fourth-order valence-electron chi connectivity index (χ4n) is 5.33. The largest absolute Gasteiger partial charge is 0.478 e. The van der Waals surface area contributed by atoms with Crippen LogP contribution < -0.4 is 0 Å². The van der Waals surface area contributed by atoms with Gasteiger partial charge in [0.25, 0.3) is 0 Å². The van der Waals surface area contributed by atoms with Crippen LogP contribution >= 0.6 is 0 Å². The lowest BCUT2D eigenvalue weighted by Gasteiger charge is -2.39. The summed E-state index contributed by atoms with van der Waals surface area (Å²) in [6.45, 7) is 6.15. The standard InChI is InChI=1S/C15H20O3/c1-8-4-7-15-9(2)11(13(17)18)12(16)14(15,3)6-5-10(8)15/h8,10H,4-7H2,1-3H3,(H,17,18)/t8-,10+,14+,15+/m1/s1. The lowest BCUT2D eigenvalue weighted by Crippen LogP contribution is -2.38. The predicted molar refractivity (Wildman–Crippen MR) is 67.0 cm³/mol. The molecule has 0 unspecified atom stereocenters. The van der Waals surface area contributed by atoms with Crippen LogP contribution in [0.2, 0.25) is 0 Å². The number of hydrogen-bond acceptors (Lipinski definition) is 2. The van der Waals surface area contributed by atoms with Gasteiger partial charge in [0.1, 0.15) is 5.57 Å². The number of ketones is 1. The Morgan fingerprint density at radius 3 is 2.61 bits per heavy atom. The topological polar surface area (TPSA) is 54.4 Å². The van der Waals surface area contributed by atoms with Crippen LogP contribution in [0.5, 0.6) is 0 Å². The van der Waals surface area contributed by atoms with Crippen molar-refractivity contribution in [3.63, 3.8) is 0 Å². The Bertz CT molecular complexity index is 490. The third-order valence-corrected chi connectivity index (χ3v) is 6.24. The van der Waals surface area contributed by atoms with Crippen LogP contribution in [0, 0.1) is 22.7 Å². The van der Waals surface area contributed by atoms with E-state index in [-0.39, 0.29) is 16.8 Å². The summed E-state index contributed by atoms with van der Waals surface area (Å²) in [5, 5.41) is 9.33. The minimum atomic E-state index is -1.03. The highest BCUT2D eigenvalue weighted by Crippen LogP contribution is 2.72. The van der Waals surface area contributed by atoms with E-state index in [4.69, 9.17) is 0 Å². The molecule has 0 aromatic carbocycles. The van der Waals surface area contributed by atoms with E-state index in [9.17, 15) is 14.7 Å². The number of Topliss-reactive ketones (excluding diaryl/α,β-unsaturated/α-hetero) is 1. The molecule has 4 atom stereocenters. The summed E-state index contributed by atoms with van der Waals surface area (Å²) in [4.78, 5) is 23.9. The van der Waals surface area contributed by atoms with Gasteiger partial charge in [0.05, 0.1) is 0 Å². The second-order valence-corrected chi connectivity index (χ2v) is 6.60. The highest BCUT2D eigenvalue weighted by molar-refractivity contribution is 6.22. The van der Waals surface area contributed by atoms with Gasteiger partial charge in [-0.2, -0.15) is 0 Å². The molecule has 1 spiro atoms. The first kappa shape index (κ1) is 11.9. The van der Waals surface area contributed by atoms with Gasteiger partial charge in [-0.15, -0.1) is 0 Å². The van der Waals surface area contributed by atoms with Gasteiger partial charge >= 0.3 is 5.97 Å². The van der Waals surface area contributed by atoms with Crippen molar-refractivity contribution in [3.8, 4) is 0 Å². The van der Waals surface area contributed by atoms with Crippen molar-refractivity contribution in [3.05, 3.63) is 11.1 Å². The number of carbonyl (C=O) groups excluding carboxylic acids is 1. The molecule has 3 aliphatic rings. The van der Waals surface area contributed by atoms with Crippen LogP contribution in [-0.4, -0.2) is 16.9 Å². The summed E-state index contributed by atoms with van der Waals surface area (Å²) in [6.07, 6.45) is 4.05. The molecule has 0 aromatic heterocycles. The minimum Gasteiger partial charge on any atom is -0.478 e. The molecule has 0 heterocycles. The lowest BCUT2D eigenvalue weighted by atomic mass is 9.63. The van der Waals surface area contributed by atoms with Gasteiger partial charge in [-0.3, -0.25) is 4.79 Å². The fourth-order valence-corrected chi connectivity index (χ4v) is 5.33. The van der Waals surface area contributed by atoms with E-state index in [1.54, 1.807) is 0 Å². The Hall–Kier alpha value is -1.12. The fraction of sp³-hybridized carbons (Fsp3) is 0.733. The van der Waals surface area contributed by atoms with Crippen molar-refractivity contribution in [2.24, 2.45) is 22.7 Å². The van der Waals surface area contributed by atoms with E-state index >= 15 is 0 Å². The quantitative estimate of drug-likeness (QED) is 0.726. The summed E-state index contributed by atoms with van der Waals surface area (Å²) < 4.78 is 0.